The van der Waals surface area contributed by atoms with E-state index >= 15 is 0 Å². The van der Waals surface area contributed by atoms with E-state index in [1.807, 2.05) is 38.2 Å². The van der Waals surface area contributed by atoms with Crippen LogP contribution < -0.4 is 5.32 Å². The molecule has 0 saturated heterocycles. The number of hydrogen-bond donors (Lipinski definition) is 1. The van der Waals surface area contributed by atoms with E-state index in [2.05, 4.69) is 15.6 Å². The molecular formula is C18H19ClN4O2. The molecule has 0 unspecified atom stereocenters. The molecule has 0 saturated carbocycles. The summed E-state index contributed by atoms with van der Waals surface area (Å²) in [6.07, 6.45) is 3.40. The lowest BCUT2D eigenvalue weighted by molar-refractivity contribution is 0.0944. The van der Waals surface area contributed by atoms with Crippen LogP contribution in [0.1, 0.15) is 28.2 Å². The minimum atomic E-state index is -0.243. The lowest BCUT2D eigenvalue weighted by Crippen LogP contribution is -2.25. The number of carbonyl (C=O) groups excluding carboxylic acids is 1. The summed E-state index contributed by atoms with van der Waals surface area (Å²) >= 11 is 5.86. The van der Waals surface area contributed by atoms with Crippen molar-refractivity contribution < 1.29 is 9.32 Å². The number of nitrogens with one attached hydrogen (secondary N) is 1. The van der Waals surface area contributed by atoms with E-state index in [-0.39, 0.29) is 11.6 Å². The predicted octanol–water partition coefficient (Wildman–Crippen LogP) is 3.40. The molecule has 1 amide bonds. The SMILES string of the molecule is Cc1c(-c2cc(C(=O)NCCCc3ccc(Cl)cc3)no2)cnn1C. The maximum atomic E-state index is 12.2. The molecule has 0 spiro atoms. The number of nitrogens with zero attached hydrogens (tertiary/aromatic N) is 3. The van der Waals surface area contributed by atoms with Crippen molar-refractivity contribution in [3.8, 4) is 11.3 Å². The number of halogens is 1. The molecule has 3 aromatic rings. The van der Waals surface area contributed by atoms with Crippen LogP contribution in [0.15, 0.2) is 41.1 Å². The Morgan fingerprint density at radius 1 is 1.32 bits per heavy atom. The lowest BCUT2D eigenvalue weighted by Gasteiger charge is -2.03. The number of benzene rings is 1. The highest BCUT2D eigenvalue weighted by molar-refractivity contribution is 6.30. The Kier molecular flexibility index (Phi) is 5.19. The standard InChI is InChI=1S/C18H19ClN4O2/c1-12-15(11-21-23(12)2)17-10-16(22-25-17)18(24)20-9-3-4-13-5-7-14(19)8-6-13/h5-8,10-11H,3-4,9H2,1-2H3,(H,20,24). The highest BCUT2D eigenvalue weighted by atomic mass is 35.5. The summed E-state index contributed by atoms with van der Waals surface area (Å²) < 4.78 is 7.02. The molecule has 0 bridgehead atoms. The van der Waals surface area contributed by atoms with E-state index in [0.29, 0.717) is 12.3 Å². The summed E-state index contributed by atoms with van der Waals surface area (Å²) in [5, 5.41) is 11.6. The van der Waals surface area contributed by atoms with Crippen LogP contribution in [-0.2, 0) is 13.5 Å². The molecule has 1 aromatic carbocycles. The van der Waals surface area contributed by atoms with Crippen LogP contribution in [0.2, 0.25) is 5.02 Å². The summed E-state index contributed by atoms with van der Waals surface area (Å²) in [6, 6.07) is 9.35. The monoisotopic (exact) mass is 358 g/mol. The third-order valence-corrected chi connectivity index (χ3v) is 4.34. The normalized spacial score (nSPS) is 10.8. The molecule has 1 N–H and O–H groups in total. The van der Waals surface area contributed by atoms with Crippen molar-refractivity contribution in [2.75, 3.05) is 6.54 Å². The van der Waals surface area contributed by atoms with Gasteiger partial charge in [0.05, 0.1) is 11.8 Å². The van der Waals surface area contributed by atoms with E-state index in [4.69, 9.17) is 16.1 Å². The molecule has 2 heterocycles. The molecule has 0 aliphatic rings. The van der Waals surface area contributed by atoms with E-state index in [1.165, 1.54) is 5.56 Å². The molecule has 0 aliphatic heterocycles. The fourth-order valence-corrected chi connectivity index (χ4v) is 2.61. The predicted molar refractivity (Wildman–Crippen MR) is 95.5 cm³/mol. The Bertz CT molecular complexity index is 868. The van der Waals surface area contributed by atoms with Gasteiger partial charge in [-0.1, -0.05) is 28.9 Å². The summed E-state index contributed by atoms with van der Waals surface area (Å²) in [6.45, 7) is 2.50. The second kappa shape index (κ2) is 7.53. The van der Waals surface area contributed by atoms with Crippen LogP contribution in [0.5, 0.6) is 0 Å². The topological polar surface area (TPSA) is 73.0 Å². The van der Waals surface area contributed by atoms with Gasteiger partial charge >= 0.3 is 0 Å². The molecule has 6 nitrogen and oxygen atoms in total. The van der Waals surface area contributed by atoms with E-state index in [1.54, 1.807) is 16.9 Å². The summed E-state index contributed by atoms with van der Waals surface area (Å²) in [4.78, 5) is 12.2. The minimum Gasteiger partial charge on any atom is -0.355 e. The first-order valence-corrected chi connectivity index (χ1v) is 8.40. The molecule has 0 aliphatic carbocycles. The Morgan fingerprint density at radius 3 is 2.76 bits per heavy atom. The van der Waals surface area contributed by atoms with Crippen molar-refractivity contribution in [1.29, 1.82) is 0 Å². The maximum absolute atomic E-state index is 12.2. The molecule has 3 rings (SSSR count). The Labute approximate surface area is 150 Å². The first kappa shape index (κ1) is 17.2. The zero-order valence-electron chi connectivity index (χ0n) is 14.1. The highest BCUT2D eigenvalue weighted by Gasteiger charge is 2.16. The molecule has 0 radical (unpaired) electrons. The van der Waals surface area contributed by atoms with Gasteiger partial charge in [0, 0.05) is 30.4 Å². The van der Waals surface area contributed by atoms with Crippen LogP contribution in [0.3, 0.4) is 0 Å². The summed E-state index contributed by atoms with van der Waals surface area (Å²) in [5.74, 6) is 0.296. The maximum Gasteiger partial charge on any atom is 0.273 e. The van der Waals surface area contributed by atoms with Gasteiger partial charge in [-0.25, -0.2) is 0 Å². The quantitative estimate of drug-likeness (QED) is 0.685. The van der Waals surface area contributed by atoms with Crippen LogP contribution in [0, 0.1) is 6.92 Å². The van der Waals surface area contributed by atoms with E-state index in [0.717, 1.165) is 29.1 Å². The number of aromatic nitrogens is 3. The minimum absolute atomic E-state index is 0.243. The van der Waals surface area contributed by atoms with Crippen LogP contribution in [0.4, 0.5) is 0 Å². The molecule has 130 valence electrons. The highest BCUT2D eigenvalue weighted by Crippen LogP contribution is 2.23. The summed E-state index contributed by atoms with van der Waals surface area (Å²) in [7, 11) is 1.85. The molecular weight excluding hydrogens is 340 g/mol. The number of amides is 1. The third kappa shape index (κ3) is 4.09. The van der Waals surface area contributed by atoms with E-state index < -0.39 is 0 Å². The zero-order chi connectivity index (χ0) is 17.8. The zero-order valence-corrected chi connectivity index (χ0v) is 14.9. The first-order valence-electron chi connectivity index (χ1n) is 8.03. The van der Waals surface area contributed by atoms with Crippen molar-refractivity contribution in [3.05, 3.63) is 58.5 Å². The average Bonchev–Trinajstić information content (AvgIpc) is 3.21. The lowest BCUT2D eigenvalue weighted by atomic mass is 10.1. The van der Waals surface area contributed by atoms with Gasteiger partial charge in [-0.3, -0.25) is 9.48 Å². The van der Waals surface area contributed by atoms with Crippen LogP contribution >= 0.6 is 11.6 Å². The average molecular weight is 359 g/mol. The van der Waals surface area contributed by atoms with Gasteiger partial charge in [-0.15, -0.1) is 0 Å². The van der Waals surface area contributed by atoms with Gasteiger partial charge in [-0.2, -0.15) is 5.10 Å². The molecule has 25 heavy (non-hydrogen) atoms. The van der Waals surface area contributed by atoms with E-state index in [9.17, 15) is 4.79 Å². The Morgan fingerprint density at radius 2 is 2.08 bits per heavy atom. The smallest absolute Gasteiger partial charge is 0.273 e. The van der Waals surface area contributed by atoms with Gasteiger partial charge in [0.1, 0.15) is 0 Å². The van der Waals surface area contributed by atoms with Crippen LogP contribution in [0.25, 0.3) is 11.3 Å². The number of aryl methyl sites for hydroxylation is 2. The fraction of sp³-hybridized carbons (Fsp3) is 0.278. The van der Waals surface area contributed by atoms with Gasteiger partial charge in [0.2, 0.25) is 0 Å². The number of hydrogen-bond acceptors (Lipinski definition) is 4. The van der Waals surface area contributed by atoms with Crippen molar-refractivity contribution >= 4 is 17.5 Å². The van der Waals surface area contributed by atoms with Crippen molar-refractivity contribution in [1.82, 2.24) is 20.3 Å². The molecule has 0 fully saturated rings. The van der Waals surface area contributed by atoms with Crippen LogP contribution in [-0.4, -0.2) is 27.4 Å². The fourth-order valence-electron chi connectivity index (χ4n) is 2.49. The van der Waals surface area contributed by atoms with Gasteiger partial charge < -0.3 is 9.84 Å². The molecule has 7 heteroatoms. The molecule has 2 aromatic heterocycles. The van der Waals surface area contributed by atoms with Gasteiger partial charge in [0.15, 0.2) is 11.5 Å². The Hall–Kier alpha value is -2.60. The van der Waals surface area contributed by atoms with Crippen molar-refractivity contribution in [2.45, 2.75) is 19.8 Å². The second-order valence-corrected chi connectivity index (χ2v) is 6.27. The van der Waals surface area contributed by atoms with Gasteiger partial charge in [-0.05, 0) is 37.5 Å². The van der Waals surface area contributed by atoms with Gasteiger partial charge in [0.25, 0.3) is 5.91 Å². The second-order valence-electron chi connectivity index (χ2n) is 5.83. The number of carbonyl (C=O) groups is 1. The number of rotatable bonds is 6. The third-order valence-electron chi connectivity index (χ3n) is 4.08. The largest absolute Gasteiger partial charge is 0.355 e. The van der Waals surface area contributed by atoms with Crippen molar-refractivity contribution in [3.63, 3.8) is 0 Å². The Balaban J connectivity index is 1.52. The van der Waals surface area contributed by atoms with Crippen molar-refractivity contribution in [2.24, 2.45) is 7.05 Å². The first-order chi connectivity index (χ1) is 12.0. The summed E-state index contributed by atoms with van der Waals surface area (Å²) in [5.41, 5.74) is 3.24. The molecule has 0 atom stereocenters.